The molecule has 0 saturated carbocycles. The van der Waals surface area contributed by atoms with Gasteiger partial charge in [-0.2, -0.15) is 5.10 Å². The number of fused-ring (bicyclic) bond motifs is 7. The van der Waals surface area contributed by atoms with Crippen LogP contribution >= 0.6 is 0 Å². The van der Waals surface area contributed by atoms with Crippen LogP contribution in [0.15, 0.2) is 194 Å². The van der Waals surface area contributed by atoms with E-state index in [2.05, 4.69) is 192 Å². The van der Waals surface area contributed by atoms with Crippen molar-refractivity contribution in [3.63, 3.8) is 0 Å². The molecule has 0 fully saturated rings. The van der Waals surface area contributed by atoms with Crippen LogP contribution in [0, 0.1) is 0 Å². The topological polar surface area (TPSA) is 43.6 Å². The van der Waals surface area contributed by atoms with Crippen LogP contribution in [-0.4, -0.2) is 19.7 Å². The first-order chi connectivity index (χ1) is 27.2. The molecule has 55 heavy (non-hydrogen) atoms. The minimum Gasteiger partial charge on any atom is -0.254 e. The van der Waals surface area contributed by atoms with E-state index in [0.717, 1.165) is 77.4 Å². The maximum Gasteiger partial charge on any atom is 0.101 e. The Labute approximate surface area is 317 Å². The molecule has 0 saturated heterocycles. The third-order valence-electron chi connectivity index (χ3n) is 10.8. The number of hydrogen-bond donors (Lipinski definition) is 0. The monoisotopic (exact) mass is 700 g/mol. The molecule has 256 valence electrons. The standard InChI is InChI=1S/C51H32N4/c1-4-11-34(12-5-1)44-32-40-24-23-39(31-45(40)51-47(44)48(35-13-6-2-7-14-35)54-55(51)43-16-8-3-9-17-43)38-22-18-33-19-25-41(30-42(33)29-38)46-27-26-37-21-20-36-15-10-28-52-49(36)50(37)53-46/h1-32H. The van der Waals surface area contributed by atoms with Crippen LogP contribution in [0.1, 0.15) is 0 Å². The van der Waals surface area contributed by atoms with E-state index in [1.807, 2.05) is 12.3 Å². The molecule has 8 aromatic carbocycles. The summed E-state index contributed by atoms with van der Waals surface area (Å²) in [7, 11) is 0. The molecule has 3 heterocycles. The van der Waals surface area contributed by atoms with Gasteiger partial charge in [0.2, 0.25) is 0 Å². The summed E-state index contributed by atoms with van der Waals surface area (Å²) in [6.07, 6.45) is 1.84. The van der Waals surface area contributed by atoms with Crippen LogP contribution in [0.25, 0.3) is 105 Å². The van der Waals surface area contributed by atoms with Crippen molar-refractivity contribution in [2.75, 3.05) is 0 Å². The number of nitrogens with zero attached hydrogens (tertiary/aromatic N) is 4. The number of rotatable bonds is 5. The molecule has 11 rings (SSSR count). The third-order valence-corrected chi connectivity index (χ3v) is 10.8. The van der Waals surface area contributed by atoms with Crippen molar-refractivity contribution in [2.45, 2.75) is 0 Å². The number of para-hydroxylation sites is 1. The molecule has 0 amide bonds. The lowest BCUT2D eigenvalue weighted by molar-refractivity contribution is 0.918. The van der Waals surface area contributed by atoms with E-state index in [1.165, 1.54) is 27.3 Å². The first-order valence-corrected chi connectivity index (χ1v) is 18.6. The summed E-state index contributed by atoms with van der Waals surface area (Å²) in [6.45, 7) is 0. The Kier molecular flexibility index (Phi) is 7.14. The largest absolute Gasteiger partial charge is 0.254 e. The summed E-state index contributed by atoms with van der Waals surface area (Å²) in [5, 5.41) is 13.4. The zero-order chi connectivity index (χ0) is 36.3. The van der Waals surface area contributed by atoms with Crippen molar-refractivity contribution in [3.8, 4) is 50.5 Å². The van der Waals surface area contributed by atoms with Crippen molar-refractivity contribution in [1.82, 2.24) is 19.7 Å². The van der Waals surface area contributed by atoms with Crippen molar-refractivity contribution >= 4 is 54.3 Å². The average molecular weight is 701 g/mol. The van der Waals surface area contributed by atoms with Crippen molar-refractivity contribution in [3.05, 3.63) is 194 Å². The molecule has 0 atom stereocenters. The van der Waals surface area contributed by atoms with E-state index < -0.39 is 0 Å². The number of hydrogen-bond acceptors (Lipinski definition) is 3. The first-order valence-electron chi connectivity index (χ1n) is 18.6. The molecule has 0 spiro atoms. The van der Waals surface area contributed by atoms with Gasteiger partial charge in [0.05, 0.1) is 27.9 Å². The Balaban J connectivity index is 1.11. The molecule has 4 nitrogen and oxygen atoms in total. The SMILES string of the molecule is c1ccc(-c2cc3ccc(-c4ccc5ccc(-c6ccc7ccc8cccnc8c7n6)cc5c4)cc3c3c2c(-c2ccccc2)nn3-c2ccccc2)cc1. The van der Waals surface area contributed by atoms with Gasteiger partial charge in [0, 0.05) is 38.9 Å². The summed E-state index contributed by atoms with van der Waals surface area (Å²) in [6, 6.07) is 66.8. The molecular weight excluding hydrogens is 669 g/mol. The molecular formula is C51H32N4. The number of pyridine rings is 2. The number of benzene rings is 8. The van der Waals surface area contributed by atoms with Crippen molar-refractivity contribution in [2.24, 2.45) is 0 Å². The zero-order valence-electron chi connectivity index (χ0n) is 29.8. The fourth-order valence-electron chi connectivity index (χ4n) is 8.09. The Morgan fingerprint density at radius 2 is 1.02 bits per heavy atom. The molecule has 0 bridgehead atoms. The lowest BCUT2D eigenvalue weighted by atomic mass is 9.92. The number of aromatic nitrogens is 4. The van der Waals surface area contributed by atoms with Gasteiger partial charge in [-0.05, 0) is 86.9 Å². The quantitative estimate of drug-likeness (QED) is 0.168. The molecule has 3 aromatic heterocycles. The molecule has 11 aromatic rings. The summed E-state index contributed by atoms with van der Waals surface area (Å²) >= 11 is 0. The van der Waals surface area contributed by atoms with Crippen LogP contribution in [0.4, 0.5) is 0 Å². The molecule has 0 aliphatic heterocycles. The zero-order valence-corrected chi connectivity index (χ0v) is 29.8. The van der Waals surface area contributed by atoms with Crippen LogP contribution in [-0.2, 0) is 0 Å². The van der Waals surface area contributed by atoms with Gasteiger partial charge in [-0.25, -0.2) is 9.67 Å². The smallest absolute Gasteiger partial charge is 0.101 e. The summed E-state index contributed by atoms with van der Waals surface area (Å²) < 4.78 is 2.14. The lowest BCUT2D eigenvalue weighted by Crippen LogP contribution is -1.97. The molecule has 0 radical (unpaired) electrons. The summed E-state index contributed by atoms with van der Waals surface area (Å²) in [5.74, 6) is 0. The van der Waals surface area contributed by atoms with Crippen LogP contribution in [0.5, 0.6) is 0 Å². The van der Waals surface area contributed by atoms with Crippen LogP contribution in [0.2, 0.25) is 0 Å². The lowest BCUT2D eigenvalue weighted by Gasteiger charge is -2.13. The van der Waals surface area contributed by atoms with Crippen LogP contribution < -0.4 is 0 Å². The van der Waals surface area contributed by atoms with E-state index in [0.29, 0.717) is 0 Å². The first kappa shape index (κ1) is 31.1. The summed E-state index contributed by atoms with van der Waals surface area (Å²) in [4.78, 5) is 9.81. The maximum absolute atomic E-state index is 5.39. The Morgan fingerprint density at radius 1 is 0.400 bits per heavy atom. The minimum atomic E-state index is 0.924. The van der Waals surface area contributed by atoms with E-state index in [-0.39, 0.29) is 0 Å². The molecule has 4 heteroatoms. The highest BCUT2D eigenvalue weighted by atomic mass is 15.3. The second kappa shape index (κ2) is 12.6. The van der Waals surface area contributed by atoms with Gasteiger partial charge >= 0.3 is 0 Å². The molecule has 0 aliphatic rings. The van der Waals surface area contributed by atoms with Crippen molar-refractivity contribution in [1.29, 1.82) is 0 Å². The summed E-state index contributed by atoms with van der Waals surface area (Å²) in [5.41, 5.74) is 12.7. The van der Waals surface area contributed by atoms with Gasteiger partial charge in [-0.3, -0.25) is 4.98 Å². The highest BCUT2D eigenvalue weighted by molar-refractivity contribution is 6.18. The van der Waals surface area contributed by atoms with E-state index in [9.17, 15) is 0 Å². The van der Waals surface area contributed by atoms with Crippen LogP contribution in [0.3, 0.4) is 0 Å². The molecule has 0 N–H and O–H groups in total. The fraction of sp³-hybridized carbons (Fsp3) is 0. The Morgan fingerprint density at radius 3 is 1.80 bits per heavy atom. The molecule has 0 aliphatic carbocycles. The van der Waals surface area contributed by atoms with Gasteiger partial charge in [0.1, 0.15) is 5.69 Å². The minimum absolute atomic E-state index is 0.924. The third kappa shape index (κ3) is 5.26. The van der Waals surface area contributed by atoms with Gasteiger partial charge in [0.15, 0.2) is 0 Å². The van der Waals surface area contributed by atoms with E-state index >= 15 is 0 Å². The average Bonchev–Trinajstić information content (AvgIpc) is 3.67. The highest BCUT2D eigenvalue weighted by Gasteiger charge is 2.21. The molecule has 0 unspecified atom stereocenters. The van der Waals surface area contributed by atoms with E-state index in [1.54, 1.807) is 0 Å². The predicted octanol–water partition coefficient (Wildman–Crippen LogP) is 13.1. The second-order valence-electron chi connectivity index (χ2n) is 14.1. The van der Waals surface area contributed by atoms with Gasteiger partial charge in [0.25, 0.3) is 0 Å². The Hall–Kier alpha value is -7.43. The normalized spacial score (nSPS) is 11.6. The predicted molar refractivity (Wildman–Crippen MR) is 228 cm³/mol. The maximum atomic E-state index is 5.39. The highest BCUT2D eigenvalue weighted by Crippen LogP contribution is 2.43. The fourth-order valence-corrected chi connectivity index (χ4v) is 8.09. The second-order valence-corrected chi connectivity index (χ2v) is 14.1. The van der Waals surface area contributed by atoms with Crippen molar-refractivity contribution < 1.29 is 0 Å². The van der Waals surface area contributed by atoms with Gasteiger partial charge in [-0.15, -0.1) is 0 Å². The van der Waals surface area contributed by atoms with Gasteiger partial charge in [-0.1, -0.05) is 140 Å². The van der Waals surface area contributed by atoms with E-state index in [4.69, 9.17) is 10.1 Å². The Bertz CT molecular complexity index is 3240. The van der Waals surface area contributed by atoms with Gasteiger partial charge < -0.3 is 0 Å².